The van der Waals surface area contributed by atoms with Crippen molar-refractivity contribution in [3.8, 4) is 0 Å². The molecule has 0 unspecified atom stereocenters. The standard InChI is InChI=1S/C25H21O4P.2Li/c1-30(2,29)24(20-13-7-11-16-8-5-6-12-19(16)20)23(26)21-14-17-9-3-4-10-18(17)15-22(21)25(27)28;;/h3-15,26H,1-2H3,(H,27,28);;/q;2*+1/p-2/b24-23+;;. The van der Waals surface area contributed by atoms with Crippen LogP contribution in [-0.4, -0.2) is 19.3 Å². The molecule has 4 aromatic rings. The van der Waals surface area contributed by atoms with Crippen LogP contribution in [0.4, 0.5) is 0 Å². The molecular formula is C25H19Li2O4P. The van der Waals surface area contributed by atoms with E-state index in [0.29, 0.717) is 10.9 Å². The van der Waals surface area contributed by atoms with Crippen LogP contribution in [0.3, 0.4) is 0 Å². The molecule has 0 spiro atoms. The second kappa shape index (κ2) is 10.2. The molecule has 150 valence electrons. The van der Waals surface area contributed by atoms with E-state index in [9.17, 15) is 19.6 Å². The topological polar surface area (TPSA) is 80.3 Å². The predicted molar refractivity (Wildman–Crippen MR) is 118 cm³/mol. The predicted octanol–water partition coefficient (Wildman–Crippen LogP) is -1.83. The first-order valence-electron chi connectivity index (χ1n) is 9.47. The fraction of sp³-hybridized carbons (Fsp3) is 0.0800. The Morgan fingerprint density at radius 1 is 0.688 bits per heavy atom. The van der Waals surface area contributed by atoms with Gasteiger partial charge in [-0.2, -0.15) is 0 Å². The monoisotopic (exact) mass is 428 g/mol. The van der Waals surface area contributed by atoms with E-state index in [1.807, 2.05) is 36.4 Å². The number of benzene rings is 4. The molecule has 4 nitrogen and oxygen atoms in total. The molecule has 0 radical (unpaired) electrons. The smallest absolute Gasteiger partial charge is 0.872 e. The maximum Gasteiger partial charge on any atom is 1.00 e. The van der Waals surface area contributed by atoms with Crippen molar-refractivity contribution in [2.24, 2.45) is 0 Å². The van der Waals surface area contributed by atoms with Gasteiger partial charge < -0.3 is 19.6 Å². The molecule has 0 fully saturated rings. The van der Waals surface area contributed by atoms with Crippen LogP contribution in [0.5, 0.6) is 0 Å². The largest absolute Gasteiger partial charge is 1.00 e. The summed E-state index contributed by atoms with van der Waals surface area (Å²) in [4.78, 5) is 11.8. The summed E-state index contributed by atoms with van der Waals surface area (Å²) >= 11 is 0. The summed E-state index contributed by atoms with van der Waals surface area (Å²) < 4.78 is 13.3. The van der Waals surface area contributed by atoms with Gasteiger partial charge in [0.2, 0.25) is 0 Å². The van der Waals surface area contributed by atoms with E-state index in [0.717, 1.165) is 16.2 Å². The zero-order chi connectivity index (χ0) is 21.5. The summed E-state index contributed by atoms with van der Waals surface area (Å²) in [6.45, 7) is 3.06. The minimum atomic E-state index is -3.08. The summed E-state index contributed by atoms with van der Waals surface area (Å²) in [5, 5.41) is 28.8. The van der Waals surface area contributed by atoms with Gasteiger partial charge in [-0.25, -0.2) is 0 Å². The molecule has 32 heavy (non-hydrogen) atoms. The molecule has 0 aliphatic rings. The van der Waals surface area contributed by atoms with Crippen LogP contribution >= 0.6 is 7.14 Å². The Kier molecular flexibility index (Phi) is 8.30. The fourth-order valence-corrected chi connectivity index (χ4v) is 5.20. The third-order valence-corrected chi connectivity index (χ3v) is 6.67. The molecule has 0 atom stereocenters. The number of aromatic carboxylic acids is 1. The van der Waals surface area contributed by atoms with Gasteiger partial charge in [0.15, 0.2) is 0 Å². The number of hydrogen-bond donors (Lipinski definition) is 0. The second-order valence-electron chi connectivity index (χ2n) is 7.59. The minimum Gasteiger partial charge on any atom is -0.872 e. The van der Waals surface area contributed by atoms with Crippen LogP contribution in [0.2, 0.25) is 0 Å². The third-order valence-electron chi connectivity index (χ3n) is 5.15. The molecule has 4 rings (SSSR count). The van der Waals surface area contributed by atoms with Gasteiger partial charge in [-0.3, -0.25) is 0 Å². The van der Waals surface area contributed by atoms with Crippen molar-refractivity contribution in [3.05, 3.63) is 95.6 Å². The van der Waals surface area contributed by atoms with Crippen LogP contribution in [0.15, 0.2) is 78.9 Å². The number of carboxylic acids is 1. The Balaban J connectivity index is 0.00000181. The van der Waals surface area contributed by atoms with Crippen molar-refractivity contribution in [3.63, 3.8) is 0 Å². The second-order valence-corrected chi connectivity index (χ2v) is 10.7. The van der Waals surface area contributed by atoms with E-state index >= 15 is 0 Å². The van der Waals surface area contributed by atoms with Crippen molar-refractivity contribution in [2.75, 3.05) is 13.3 Å². The Morgan fingerprint density at radius 3 is 1.75 bits per heavy atom. The molecular weight excluding hydrogens is 409 g/mol. The maximum absolute atomic E-state index is 13.7. The molecule has 0 bridgehead atoms. The number of rotatable bonds is 4. The molecule has 0 amide bonds. The summed E-state index contributed by atoms with van der Waals surface area (Å²) in [5.74, 6) is -1.99. The molecule has 0 aliphatic heterocycles. The van der Waals surface area contributed by atoms with Gasteiger partial charge in [-0.1, -0.05) is 72.5 Å². The summed E-state index contributed by atoms with van der Waals surface area (Å²) in [6.07, 6.45) is 0. The first-order chi connectivity index (χ1) is 14.3. The van der Waals surface area contributed by atoms with E-state index in [2.05, 4.69) is 0 Å². The molecule has 0 aromatic heterocycles. The number of carboxylic acid groups (broad SMARTS) is 1. The van der Waals surface area contributed by atoms with Crippen molar-refractivity contribution in [1.29, 1.82) is 0 Å². The minimum absolute atomic E-state index is 0. The van der Waals surface area contributed by atoms with Gasteiger partial charge in [0, 0.05) is 10.9 Å². The number of carbonyl (C=O) groups excluding carboxylic acids is 1. The van der Waals surface area contributed by atoms with Crippen LogP contribution in [0, 0.1) is 0 Å². The van der Waals surface area contributed by atoms with Crippen LogP contribution in [-0.2, 0) is 4.57 Å². The zero-order valence-electron chi connectivity index (χ0n) is 18.6. The van der Waals surface area contributed by atoms with Crippen molar-refractivity contribution >= 4 is 45.7 Å². The van der Waals surface area contributed by atoms with E-state index in [-0.39, 0.29) is 54.2 Å². The van der Waals surface area contributed by atoms with Crippen LogP contribution < -0.4 is 47.9 Å². The van der Waals surface area contributed by atoms with Crippen molar-refractivity contribution in [1.82, 2.24) is 0 Å². The Bertz CT molecular complexity index is 1380. The maximum atomic E-state index is 13.7. The molecule has 7 heteroatoms. The zero-order valence-corrected chi connectivity index (χ0v) is 19.5. The van der Waals surface area contributed by atoms with Gasteiger partial charge in [-0.05, 0) is 58.1 Å². The van der Waals surface area contributed by atoms with E-state index < -0.39 is 18.9 Å². The first kappa shape index (κ1) is 26.1. The number of hydrogen-bond acceptors (Lipinski definition) is 4. The molecule has 0 aliphatic carbocycles. The summed E-state index contributed by atoms with van der Waals surface area (Å²) in [5.41, 5.74) is 0.342. The fourth-order valence-electron chi connectivity index (χ4n) is 3.81. The summed E-state index contributed by atoms with van der Waals surface area (Å²) in [7, 11) is -3.08. The van der Waals surface area contributed by atoms with E-state index in [4.69, 9.17) is 0 Å². The Hall–Kier alpha value is -2.17. The quantitative estimate of drug-likeness (QED) is 0.166. The van der Waals surface area contributed by atoms with Crippen LogP contribution in [0.25, 0.3) is 32.6 Å². The summed E-state index contributed by atoms with van der Waals surface area (Å²) in [6, 6.07) is 23.2. The van der Waals surface area contributed by atoms with Gasteiger partial charge in [0.1, 0.15) is 7.14 Å². The normalized spacial score (nSPS) is 11.9. The van der Waals surface area contributed by atoms with Gasteiger partial charge in [0.25, 0.3) is 0 Å². The number of fused-ring (bicyclic) bond motifs is 2. The number of carbonyl (C=O) groups is 1. The molecule has 0 N–H and O–H groups in total. The van der Waals surface area contributed by atoms with Crippen molar-refractivity contribution in [2.45, 2.75) is 0 Å². The average molecular weight is 428 g/mol. The average Bonchev–Trinajstić information content (AvgIpc) is 2.72. The van der Waals surface area contributed by atoms with Gasteiger partial charge in [-0.15, -0.1) is 0 Å². The van der Waals surface area contributed by atoms with Gasteiger partial charge in [0.05, 0.1) is 5.97 Å². The van der Waals surface area contributed by atoms with Crippen molar-refractivity contribution < 1.29 is 57.3 Å². The molecule has 0 saturated carbocycles. The Morgan fingerprint density at radius 2 is 1.19 bits per heavy atom. The third kappa shape index (κ3) is 4.92. The molecule has 0 saturated heterocycles. The SMILES string of the molecule is CP(C)(=O)/C(=C(/[O-])c1cc2ccccc2cc1C(=O)[O-])c1cccc2ccccc12.[Li+].[Li+]. The molecule has 0 heterocycles. The van der Waals surface area contributed by atoms with Gasteiger partial charge >= 0.3 is 37.7 Å². The van der Waals surface area contributed by atoms with E-state index in [1.54, 1.807) is 36.4 Å². The van der Waals surface area contributed by atoms with E-state index in [1.165, 1.54) is 19.4 Å². The molecule has 4 aromatic carbocycles. The Labute approximate surface area is 211 Å². The first-order valence-corrected chi connectivity index (χ1v) is 12.1. The van der Waals surface area contributed by atoms with Crippen LogP contribution in [0.1, 0.15) is 21.5 Å².